The molecule has 7 heteroatoms. The molecule has 0 unspecified atom stereocenters. The van der Waals surface area contributed by atoms with E-state index in [1.54, 1.807) is 18.2 Å². The van der Waals surface area contributed by atoms with Crippen LogP contribution in [0, 0.1) is 0 Å². The molecule has 0 aliphatic carbocycles. The van der Waals surface area contributed by atoms with E-state index >= 15 is 0 Å². The van der Waals surface area contributed by atoms with Crippen molar-refractivity contribution >= 4 is 21.6 Å². The van der Waals surface area contributed by atoms with Gasteiger partial charge < -0.3 is 15.2 Å². The van der Waals surface area contributed by atoms with Crippen molar-refractivity contribution in [3.63, 3.8) is 0 Å². The molecule has 2 rings (SSSR count). The van der Waals surface area contributed by atoms with Crippen LogP contribution in [-0.4, -0.2) is 11.5 Å². The van der Waals surface area contributed by atoms with Gasteiger partial charge in [-0.25, -0.2) is 0 Å². The third-order valence-corrected chi connectivity index (χ3v) is 3.24. The predicted molar refractivity (Wildman–Crippen MR) is 76.3 cm³/mol. The fraction of sp³-hybridized carbons (Fsp3) is 0.143. The Morgan fingerprint density at radius 3 is 2.52 bits per heavy atom. The molecule has 0 amide bonds. The zero-order valence-corrected chi connectivity index (χ0v) is 12.2. The summed E-state index contributed by atoms with van der Waals surface area (Å²) >= 11 is 3.18. The molecular formula is C14H11BrF3NO2. The summed E-state index contributed by atoms with van der Waals surface area (Å²) in [7, 11) is 0. The Bertz CT molecular complexity index is 632. The number of nitrogens with one attached hydrogen (secondary N) is 1. The quantitative estimate of drug-likeness (QED) is 0.831. The number of phenols is 1. The average Bonchev–Trinajstić information content (AvgIpc) is 2.40. The number of hydrogen-bond donors (Lipinski definition) is 2. The molecule has 0 spiro atoms. The van der Waals surface area contributed by atoms with Gasteiger partial charge in [0.15, 0.2) is 5.75 Å². The van der Waals surface area contributed by atoms with Crippen LogP contribution in [0.15, 0.2) is 46.9 Å². The molecule has 0 radical (unpaired) electrons. The van der Waals surface area contributed by atoms with Crippen LogP contribution in [0.4, 0.5) is 18.9 Å². The number of aromatic hydroxyl groups is 1. The van der Waals surface area contributed by atoms with Crippen LogP contribution in [0.5, 0.6) is 11.5 Å². The molecule has 0 heterocycles. The molecule has 0 saturated carbocycles. The van der Waals surface area contributed by atoms with Crippen molar-refractivity contribution in [1.82, 2.24) is 0 Å². The molecule has 112 valence electrons. The zero-order chi connectivity index (χ0) is 15.5. The summed E-state index contributed by atoms with van der Waals surface area (Å²) in [5, 5.41) is 12.3. The van der Waals surface area contributed by atoms with Gasteiger partial charge in [-0.1, -0.05) is 18.2 Å². The summed E-state index contributed by atoms with van der Waals surface area (Å²) < 4.78 is 41.4. The largest absolute Gasteiger partial charge is 0.573 e. The van der Waals surface area contributed by atoms with Gasteiger partial charge in [0.1, 0.15) is 5.75 Å². The van der Waals surface area contributed by atoms with E-state index in [-0.39, 0.29) is 23.7 Å². The van der Waals surface area contributed by atoms with Crippen LogP contribution < -0.4 is 10.1 Å². The molecule has 0 bridgehead atoms. The van der Waals surface area contributed by atoms with Crippen LogP contribution in [0.3, 0.4) is 0 Å². The summed E-state index contributed by atoms with van der Waals surface area (Å²) in [5.41, 5.74) is 1.03. The lowest BCUT2D eigenvalue weighted by Crippen LogP contribution is -2.18. The van der Waals surface area contributed by atoms with Crippen LogP contribution in [0.25, 0.3) is 0 Å². The molecule has 2 aromatic carbocycles. The van der Waals surface area contributed by atoms with Crippen molar-refractivity contribution in [3.8, 4) is 11.5 Å². The van der Waals surface area contributed by atoms with Crippen molar-refractivity contribution in [2.45, 2.75) is 12.9 Å². The van der Waals surface area contributed by atoms with E-state index in [0.717, 1.165) is 5.56 Å². The topological polar surface area (TPSA) is 41.5 Å². The predicted octanol–water partition coefficient (Wildman–Crippen LogP) is 4.67. The van der Waals surface area contributed by atoms with E-state index in [9.17, 15) is 18.3 Å². The second-order valence-electron chi connectivity index (χ2n) is 4.18. The second kappa shape index (κ2) is 6.26. The molecule has 2 aromatic rings. The molecular weight excluding hydrogens is 351 g/mol. The highest BCUT2D eigenvalue weighted by atomic mass is 79.9. The third-order valence-electron chi connectivity index (χ3n) is 2.61. The van der Waals surface area contributed by atoms with Crippen LogP contribution >= 0.6 is 15.9 Å². The molecule has 0 aliphatic heterocycles. The highest BCUT2D eigenvalue weighted by molar-refractivity contribution is 9.10. The second-order valence-corrected chi connectivity index (χ2v) is 5.04. The molecule has 3 nitrogen and oxygen atoms in total. The van der Waals surface area contributed by atoms with Crippen molar-refractivity contribution in [3.05, 3.63) is 52.5 Å². The molecule has 0 fully saturated rings. The highest BCUT2D eigenvalue weighted by Gasteiger charge is 2.32. The molecule has 2 N–H and O–H groups in total. The number of ether oxygens (including phenoxy) is 1. The lowest BCUT2D eigenvalue weighted by atomic mass is 10.2. The first-order chi connectivity index (χ1) is 9.85. The number of phenolic OH excluding ortho intramolecular Hbond substituents is 1. The van der Waals surface area contributed by atoms with Gasteiger partial charge in [0.25, 0.3) is 0 Å². The van der Waals surface area contributed by atoms with E-state index in [1.165, 1.54) is 24.3 Å². The number of alkyl halides is 3. The summed E-state index contributed by atoms with van der Waals surface area (Å²) in [6.45, 7) is 0.289. The number of benzene rings is 2. The average molecular weight is 362 g/mol. The van der Waals surface area contributed by atoms with Crippen LogP contribution in [0.2, 0.25) is 0 Å². The van der Waals surface area contributed by atoms with Gasteiger partial charge in [-0.2, -0.15) is 0 Å². The van der Waals surface area contributed by atoms with Crippen LogP contribution in [0.1, 0.15) is 5.56 Å². The smallest absolute Gasteiger partial charge is 0.507 e. The Morgan fingerprint density at radius 1 is 1.14 bits per heavy atom. The maximum absolute atomic E-state index is 12.3. The molecule has 0 saturated heterocycles. The summed E-state index contributed by atoms with van der Waals surface area (Å²) in [5.74, 6) is -0.192. The summed E-state index contributed by atoms with van der Waals surface area (Å²) in [6.07, 6.45) is -4.74. The number of anilines is 1. The van der Waals surface area contributed by atoms with Gasteiger partial charge in [-0.3, -0.25) is 0 Å². The Hall–Kier alpha value is -1.89. The monoisotopic (exact) mass is 361 g/mol. The molecule has 0 aromatic heterocycles. The molecule has 21 heavy (non-hydrogen) atoms. The maximum atomic E-state index is 12.3. The molecule has 0 atom stereocenters. The Morgan fingerprint density at radius 2 is 1.86 bits per heavy atom. The van der Waals surface area contributed by atoms with E-state index < -0.39 is 6.36 Å². The first kappa shape index (κ1) is 15.5. The lowest BCUT2D eigenvalue weighted by Gasteiger charge is -2.14. The van der Waals surface area contributed by atoms with Gasteiger partial charge in [-0.05, 0) is 45.8 Å². The minimum absolute atomic E-state index is 0.0968. The normalized spacial score (nSPS) is 11.2. The van der Waals surface area contributed by atoms with Gasteiger partial charge in [0.05, 0.1) is 10.2 Å². The number of hydrogen-bond acceptors (Lipinski definition) is 3. The number of rotatable bonds is 4. The third kappa shape index (κ3) is 4.56. The Balaban J connectivity index is 2.11. The minimum Gasteiger partial charge on any atom is -0.507 e. The highest BCUT2D eigenvalue weighted by Crippen LogP contribution is 2.30. The summed E-state index contributed by atoms with van der Waals surface area (Å²) in [6, 6.07) is 10.6. The van der Waals surface area contributed by atoms with Crippen LogP contribution in [-0.2, 0) is 6.54 Å². The lowest BCUT2D eigenvalue weighted by molar-refractivity contribution is -0.274. The van der Waals surface area contributed by atoms with Crippen molar-refractivity contribution in [1.29, 1.82) is 0 Å². The maximum Gasteiger partial charge on any atom is 0.573 e. The van der Waals surface area contributed by atoms with E-state index in [4.69, 9.17) is 0 Å². The Kier molecular flexibility index (Phi) is 4.62. The fourth-order valence-corrected chi connectivity index (χ4v) is 2.11. The number of para-hydroxylation sites is 2. The van der Waals surface area contributed by atoms with Crippen molar-refractivity contribution in [2.75, 3.05) is 5.32 Å². The standard InChI is InChI=1S/C14H11BrF3NO2/c15-10-7-9(5-6-12(10)20)8-19-11-3-1-2-4-13(11)21-14(16,17)18/h1-7,19-20H,8H2. The SMILES string of the molecule is Oc1ccc(CNc2ccccc2OC(F)(F)F)cc1Br. The molecule has 0 aliphatic rings. The minimum atomic E-state index is -4.74. The van der Waals surface area contributed by atoms with Crippen molar-refractivity contribution in [2.24, 2.45) is 0 Å². The van der Waals surface area contributed by atoms with E-state index in [0.29, 0.717) is 4.47 Å². The van der Waals surface area contributed by atoms with Gasteiger partial charge in [-0.15, -0.1) is 13.2 Å². The van der Waals surface area contributed by atoms with E-state index in [2.05, 4.69) is 26.0 Å². The number of halogens is 4. The fourth-order valence-electron chi connectivity index (χ4n) is 1.68. The van der Waals surface area contributed by atoms with Gasteiger partial charge >= 0.3 is 6.36 Å². The zero-order valence-electron chi connectivity index (χ0n) is 10.6. The summed E-state index contributed by atoms with van der Waals surface area (Å²) in [4.78, 5) is 0. The van der Waals surface area contributed by atoms with E-state index in [1.807, 2.05) is 0 Å². The van der Waals surface area contributed by atoms with Crippen molar-refractivity contribution < 1.29 is 23.0 Å². The Labute approximate surface area is 127 Å². The first-order valence-corrected chi connectivity index (χ1v) is 6.70. The first-order valence-electron chi connectivity index (χ1n) is 5.91. The van der Waals surface area contributed by atoms with Gasteiger partial charge in [0, 0.05) is 6.54 Å². The van der Waals surface area contributed by atoms with Gasteiger partial charge in [0.2, 0.25) is 0 Å².